The summed E-state index contributed by atoms with van der Waals surface area (Å²) in [6.45, 7) is 1.40. The number of rotatable bonds is 2. The molecule has 5 heteroatoms. The summed E-state index contributed by atoms with van der Waals surface area (Å²) < 4.78 is 13.6. The number of amides is 1. The molecule has 1 atom stereocenters. The number of hydrogen-bond donors (Lipinski definition) is 2. The van der Waals surface area contributed by atoms with Gasteiger partial charge in [-0.05, 0) is 25.0 Å². The van der Waals surface area contributed by atoms with E-state index in [1.54, 1.807) is 12.1 Å². The van der Waals surface area contributed by atoms with Crippen LogP contribution in [0.4, 0.5) is 10.1 Å². The Morgan fingerprint density at radius 2 is 2.24 bits per heavy atom. The number of carbonyl (C=O) groups excluding carboxylic acids is 1. The minimum Gasteiger partial charge on any atom is -0.369 e. The van der Waals surface area contributed by atoms with Crippen LogP contribution in [0, 0.1) is 5.82 Å². The highest BCUT2D eigenvalue weighted by Crippen LogP contribution is 2.25. The number of piperidine rings is 1. The van der Waals surface area contributed by atoms with Gasteiger partial charge >= 0.3 is 0 Å². The molecule has 1 heterocycles. The number of anilines is 1. The molecule has 2 rings (SSSR count). The molecule has 0 aliphatic carbocycles. The molecule has 4 nitrogen and oxygen atoms in total. The normalized spacial score (nSPS) is 20.4. The predicted octanol–water partition coefficient (Wildman–Crippen LogP) is 0.852. The van der Waals surface area contributed by atoms with Crippen molar-refractivity contribution in [2.75, 3.05) is 18.0 Å². The number of primary amides is 1. The summed E-state index contributed by atoms with van der Waals surface area (Å²) in [6, 6.07) is 4.60. The van der Waals surface area contributed by atoms with Gasteiger partial charge in [-0.2, -0.15) is 0 Å². The van der Waals surface area contributed by atoms with Crippen molar-refractivity contribution in [1.29, 1.82) is 0 Å². The van der Waals surface area contributed by atoms with Crippen molar-refractivity contribution in [2.24, 2.45) is 11.5 Å². The SMILES string of the molecule is NC(=O)c1c(F)cccc1N1CCCC(N)C1. The van der Waals surface area contributed by atoms with Crippen molar-refractivity contribution in [2.45, 2.75) is 18.9 Å². The van der Waals surface area contributed by atoms with Crippen LogP contribution in [0.25, 0.3) is 0 Å². The molecule has 1 aromatic rings. The highest BCUT2D eigenvalue weighted by molar-refractivity contribution is 5.99. The van der Waals surface area contributed by atoms with Crippen LogP contribution in [0.15, 0.2) is 18.2 Å². The zero-order valence-corrected chi connectivity index (χ0v) is 9.53. The summed E-state index contributed by atoms with van der Waals surface area (Å²) in [5.74, 6) is -1.31. The highest BCUT2D eigenvalue weighted by atomic mass is 19.1. The highest BCUT2D eigenvalue weighted by Gasteiger charge is 2.22. The lowest BCUT2D eigenvalue weighted by Gasteiger charge is -2.33. The van der Waals surface area contributed by atoms with Crippen LogP contribution in [-0.2, 0) is 0 Å². The van der Waals surface area contributed by atoms with E-state index in [9.17, 15) is 9.18 Å². The lowest BCUT2D eigenvalue weighted by Crippen LogP contribution is -2.43. The summed E-state index contributed by atoms with van der Waals surface area (Å²) in [7, 11) is 0. The second-order valence-electron chi connectivity index (χ2n) is 4.35. The Morgan fingerprint density at radius 1 is 1.47 bits per heavy atom. The van der Waals surface area contributed by atoms with Gasteiger partial charge in [-0.15, -0.1) is 0 Å². The van der Waals surface area contributed by atoms with Crippen LogP contribution in [-0.4, -0.2) is 25.0 Å². The summed E-state index contributed by atoms with van der Waals surface area (Å²) in [4.78, 5) is 13.2. The van der Waals surface area contributed by atoms with Gasteiger partial charge in [-0.1, -0.05) is 6.07 Å². The fraction of sp³-hybridized carbons (Fsp3) is 0.417. The van der Waals surface area contributed by atoms with E-state index in [1.165, 1.54) is 6.07 Å². The molecule has 0 saturated carbocycles. The Balaban J connectivity index is 2.37. The molecule has 92 valence electrons. The summed E-state index contributed by atoms with van der Waals surface area (Å²) in [6.07, 6.45) is 1.90. The van der Waals surface area contributed by atoms with Gasteiger partial charge in [0.05, 0.1) is 11.3 Å². The van der Waals surface area contributed by atoms with E-state index in [2.05, 4.69) is 0 Å². The van der Waals surface area contributed by atoms with Gasteiger partial charge in [0.25, 0.3) is 5.91 Å². The van der Waals surface area contributed by atoms with Crippen molar-refractivity contribution in [3.63, 3.8) is 0 Å². The Bertz CT molecular complexity index is 436. The summed E-state index contributed by atoms with van der Waals surface area (Å²) in [5.41, 5.74) is 11.6. The maximum Gasteiger partial charge on any atom is 0.253 e. The smallest absolute Gasteiger partial charge is 0.253 e. The monoisotopic (exact) mass is 237 g/mol. The van der Waals surface area contributed by atoms with Crippen LogP contribution in [0.5, 0.6) is 0 Å². The number of halogens is 1. The van der Waals surface area contributed by atoms with Gasteiger partial charge < -0.3 is 16.4 Å². The number of nitrogens with zero attached hydrogens (tertiary/aromatic N) is 1. The van der Waals surface area contributed by atoms with Crippen molar-refractivity contribution < 1.29 is 9.18 Å². The molecule has 0 spiro atoms. The average molecular weight is 237 g/mol. The summed E-state index contributed by atoms with van der Waals surface area (Å²) >= 11 is 0. The molecule has 4 N–H and O–H groups in total. The molecule has 1 aliphatic rings. The minimum absolute atomic E-state index is 0.0402. The standard InChI is InChI=1S/C12H16FN3O/c13-9-4-1-5-10(11(9)12(15)17)16-6-2-3-8(14)7-16/h1,4-5,8H,2-3,6-7,14H2,(H2,15,17). The predicted molar refractivity (Wildman–Crippen MR) is 64.3 cm³/mol. The molecule has 1 fully saturated rings. The molecule has 0 radical (unpaired) electrons. The largest absolute Gasteiger partial charge is 0.369 e. The van der Waals surface area contributed by atoms with E-state index >= 15 is 0 Å². The van der Waals surface area contributed by atoms with Gasteiger partial charge in [0.15, 0.2) is 0 Å². The van der Waals surface area contributed by atoms with Crippen LogP contribution in [0.3, 0.4) is 0 Å². The molecular weight excluding hydrogens is 221 g/mol. The molecule has 1 saturated heterocycles. The maximum absolute atomic E-state index is 13.6. The third-order valence-corrected chi connectivity index (χ3v) is 3.04. The van der Waals surface area contributed by atoms with Gasteiger partial charge in [-0.25, -0.2) is 4.39 Å². The van der Waals surface area contributed by atoms with E-state index in [1.807, 2.05) is 4.90 Å². The second kappa shape index (κ2) is 4.71. The van der Waals surface area contributed by atoms with Crippen LogP contribution in [0.1, 0.15) is 23.2 Å². The fourth-order valence-electron chi connectivity index (χ4n) is 2.25. The lowest BCUT2D eigenvalue weighted by atomic mass is 10.0. The lowest BCUT2D eigenvalue weighted by molar-refractivity contribution is 0.0997. The van der Waals surface area contributed by atoms with E-state index in [4.69, 9.17) is 11.5 Å². The first-order valence-corrected chi connectivity index (χ1v) is 5.68. The molecule has 0 aromatic heterocycles. The van der Waals surface area contributed by atoms with Crippen LogP contribution >= 0.6 is 0 Å². The fourth-order valence-corrected chi connectivity index (χ4v) is 2.25. The van der Waals surface area contributed by atoms with Crippen LogP contribution in [0.2, 0.25) is 0 Å². The average Bonchev–Trinajstić information content (AvgIpc) is 2.28. The van der Waals surface area contributed by atoms with Crippen LogP contribution < -0.4 is 16.4 Å². The first-order chi connectivity index (χ1) is 8.09. The number of carbonyl (C=O) groups is 1. The van der Waals surface area contributed by atoms with Crippen molar-refractivity contribution in [1.82, 2.24) is 0 Å². The quantitative estimate of drug-likeness (QED) is 0.801. The zero-order chi connectivity index (χ0) is 12.4. The molecular formula is C12H16FN3O. The van der Waals surface area contributed by atoms with Crippen molar-refractivity contribution in [3.8, 4) is 0 Å². The molecule has 0 bridgehead atoms. The molecule has 1 aliphatic heterocycles. The molecule has 1 unspecified atom stereocenters. The first-order valence-electron chi connectivity index (χ1n) is 5.68. The number of hydrogen-bond acceptors (Lipinski definition) is 3. The summed E-state index contributed by atoms with van der Waals surface area (Å²) in [5, 5.41) is 0. The van der Waals surface area contributed by atoms with Crippen molar-refractivity contribution >= 4 is 11.6 Å². The van der Waals surface area contributed by atoms with Gasteiger partial charge in [0.1, 0.15) is 5.82 Å². The van der Waals surface area contributed by atoms with E-state index in [0.29, 0.717) is 12.2 Å². The second-order valence-corrected chi connectivity index (χ2v) is 4.35. The van der Waals surface area contributed by atoms with Crippen molar-refractivity contribution in [3.05, 3.63) is 29.6 Å². The van der Waals surface area contributed by atoms with E-state index < -0.39 is 11.7 Å². The number of benzene rings is 1. The van der Waals surface area contributed by atoms with Gasteiger partial charge in [0, 0.05) is 19.1 Å². The maximum atomic E-state index is 13.6. The Kier molecular flexibility index (Phi) is 3.28. The Labute approximate surface area is 99.4 Å². The third-order valence-electron chi connectivity index (χ3n) is 3.04. The van der Waals surface area contributed by atoms with E-state index in [-0.39, 0.29) is 11.6 Å². The molecule has 1 amide bonds. The third kappa shape index (κ3) is 2.39. The van der Waals surface area contributed by atoms with Gasteiger partial charge in [0.2, 0.25) is 0 Å². The Hall–Kier alpha value is -1.62. The van der Waals surface area contributed by atoms with Gasteiger partial charge in [-0.3, -0.25) is 4.79 Å². The topological polar surface area (TPSA) is 72.4 Å². The number of nitrogens with two attached hydrogens (primary N) is 2. The molecule has 1 aromatic carbocycles. The Morgan fingerprint density at radius 3 is 2.88 bits per heavy atom. The minimum atomic E-state index is -0.739. The zero-order valence-electron chi connectivity index (χ0n) is 9.53. The first kappa shape index (κ1) is 11.9. The van der Waals surface area contributed by atoms with E-state index in [0.717, 1.165) is 19.4 Å². The molecule has 17 heavy (non-hydrogen) atoms.